The molecule has 3 N–H and O–H groups in total. The number of nitrogen functional groups attached to an aromatic ring is 1. The van der Waals surface area contributed by atoms with Crippen LogP contribution < -0.4 is 11.1 Å². The van der Waals surface area contributed by atoms with Gasteiger partial charge < -0.3 is 11.1 Å². The van der Waals surface area contributed by atoms with E-state index in [1.807, 2.05) is 0 Å². The number of rotatable bonds is 2. The van der Waals surface area contributed by atoms with E-state index >= 15 is 0 Å². The predicted octanol–water partition coefficient (Wildman–Crippen LogP) is 3.22. The van der Waals surface area contributed by atoms with E-state index < -0.39 is 5.91 Å². The van der Waals surface area contributed by atoms with Gasteiger partial charge in [0.25, 0.3) is 5.91 Å². The third-order valence-corrected chi connectivity index (χ3v) is 3.07. The molecule has 0 aliphatic rings. The zero-order valence-corrected chi connectivity index (χ0v) is 10.7. The average Bonchev–Trinajstić information content (AvgIpc) is 2.35. The molecule has 0 aliphatic carbocycles. The van der Waals surface area contributed by atoms with Crippen molar-refractivity contribution in [1.82, 2.24) is 4.98 Å². The number of carbonyl (C=O) groups excluding carboxylic acids is 1. The third kappa shape index (κ3) is 2.55. The first kappa shape index (κ1) is 12.7. The van der Waals surface area contributed by atoms with E-state index in [1.165, 1.54) is 6.20 Å². The fourth-order valence-corrected chi connectivity index (χ4v) is 1.74. The zero-order chi connectivity index (χ0) is 13.1. The summed E-state index contributed by atoms with van der Waals surface area (Å²) in [6, 6.07) is 8.21. The largest absolute Gasteiger partial charge is 0.397 e. The van der Waals surface area contributed by atoms with E-state index in [1.54, 1.807) is 30.3 Å². The summed E-state index contributed by atoms with van der Waals surface area (Å²) in [4.78, 5) is 15.9. The molecule has 0 spiro atoms. The highest BCUT2D eigenvalue weighted by Gasteiger charge is 2.13. The van der Waals surface area contributed by atoms with Crippen LogP contribution in [0.15, 0.2) is 36.5 Å². The molecule has 92 valence electrons. The second kappa shape index (κ2) is 5.25. The van der Waals surface area contributed by atoms with Crippen molar-refractivity contribution in [2.24, 2.45) is 0 Å². The molecule has 0 atom stereocenters. The fourth-order valence-electron chi connectivity index (χ4n) is 1.39. The number of nitrogens with two attached hydrogens (primary N) is 1. The van der Waals surface area contributed by atoms with Crippen LogP contribution in [-0.4, -0.2) is 10.9 Å². The quantitative estimate of drug-likeness (QED) is 0.888. The molecule has 1 amide bonds. The molecule has 2 rings (SSSR count). The fraction of sp³-hybridized carbons (Fsp3) is 0. The van der Waals surface area contributed by atoms with Gasteiger partial charge in [-0.3, -0.25) is 4.79 Å². The Morgan fingerprint density at radius 1 is 1.22 bits per heavy atom. The van der Waals surface area contributed by atoms with Gasteiger partial charge in [-0.25, -0.2) is 4.98 Å². The Morgan fingerprint density at radius 3 is 2.72 bits per heavy atom. The lowest BCUT2D eigenvalue weighted by atomic mass is 10.2. The maximum Gasteiger partial charge on any atom is 0.276 e. The van der Waals surface area contributed by atoms with Crippen LogP contribution in [0.4, 0.5) is 11.4 Å². The first-order valence-corrected chi connectivity index (χ1v) is 5.81. The first-order chi connectivity index (χ1) is 8.59. The van der Waals surface area contributed by atoms with Crippen LogP contribution in [0.2, 0.25) is 10.0 Å². The molecule has 0 saturated carbocycles. The van der Waals surface area contributed by atoms with Gasteiger partial charge in [-0.15, -0.1) is 0 Å². The molecule has 1 heterocycles. The van der Waals surface area contributed by atoms with Crippen molar-refractivity contribution in [3.05, 3.63) is 52.3 Å². The zero-order valence-electron chi connectivity index (χ0n) is 9.15. The number of hydrogen-bond acceptors (Lipinski definition) is 3. The molecule has 18 heavy (non-hydrogen) atoms. The molecule has 6 heteroatoms. The average molecular weight is 282 g/mol. The Bertz CT molecular complexity index is 602. The van der Waals surface area contributed by atoms with Crippen LogP contribution >= 0.6 is 23.2 Å². The Kier molecular flexibility index (Phi) is 3.69. The number of anilines is 2. The summed E-state index contributed by atoms with van der Waals surface area (Å²) in [7, 11) is 0. The standard InChI is InChI=1S/C12H9Cl2N3O/c13-7-3-1-5-9(10(7)14)17-12(18)11-8(15)4-2-6-16-11/h1-6H,15H2,(H,17,18). The normalized spacial score (nSPS) is 10.1. The van der Waals surface area contributed by atoms with Crippen molar-refractivity contribution in [3.8, 4) is 0 Å². The summed E-state index contributed by atoms with van der Waals surface area (Å²) in [6.45, 7) is 0. The Labute approximate surface area is 114 Å². The summed E-state index contributed by atoms with van der Waals surface area (Å²) < 4.78 is 0. The van der Waals surface area contributed by atoms with Gasteiger partial charge in [-0.1, -0.05) is 29.3 Å². The van der Waals surface area contributed by atoms with Gasteiger partial charge >= 0.3 is 0 Å². The van der Waals surface area contributed by atoms with Crippen LogP contribution in [0, 0.1) is 0 Å². The molecule has 0 saturated heterocycles. The van der Waals surface area contributed by atoms with Crippen molar-refractivity contribution in [3.63, 3.8) is 0 Å². The maximum atomic E-state index is 11.9. The molecule has 0 unspecified atom stereocenters. The van der Waals surface area contributed by atoms with Crippen LogP contribution in [0.1, 0.15) is 10.5 Å². The van der Waals surface area contributed by atoms with Crippen molar-refractivity contribution >= 4 is 40.5 Å². The molecule has 1 aromatic carbocycles. The lowest BCUT2D eigenvalue weighted by molar-refractivity contribution is 0.102. The van der Waals surface area contributed by atoms with E-state index in [0.29, 0.717) is 16.4 Å². The van der Waals surface area contributed by atoms with E-state index in [-0.39, 0.29) is 10.7 Å². The van der Waals surface area contributed by atoms with E-state index in [2.05, 4.69) is 10.3 Å². The van der Waals surface area contributed by atoms with Crippen molar-refractivity contribution in [2.45, 2.75) is 0 Å². The highest BCUT2D eigenvalue weighted by Crippen LogP contribution is 2.29. The molecule has 4 nitrogen and oxygen atoms in total. The van der Waals surface area contributed by atoms with Gasteiger partial charge in [0.1, 0.15) is 0 Å². The number of amides is 1. The smallest absolute Gasteiger partial charge is 0.276 e. The number of nitrogens with zero attached hydrogens (tertiary/aromatic N) is 1. The van der Waals surface area contributed by atoms with Gasteiger partial charge in [0.05, 0.1) is 21.4 Å². The summed E-state index contributed by atoms with van der Waals surface area (Å²) in [6.07, 6.45) is 1.49. The highest BCUT2D eigenvalue weighted by atomic mass is 35.5. The van der Waals surface area contributed by atoms with Gasteiger partial charge in [-0.2, -0.15) is 0 Å². The Hall–Kier alpha value is -1.78. The molecular weight excluding hydrogens is 273 g/mol. The lowest BCUT2D eigenvalue weighted by Crippen LogP contribution is -2.15. The van der Waals surface area contributed by atoms with Crippen molar-refractivity contribution in [1.29, 1.82) is 0 Å². The summed E-state index contributed by atoms with van der Waals surface area (Å²) in [5.74, 6) is -0.433. The van der Waals surface area contributed by atoms with Gasteiger partial charge in [0.15, 0.2) is 5.69 Å². The summed E-state index contributed by atoms with van der Waals surface area (Å²) in [5.41, 5.74) is 6.52. The SMILES string of the molecule is Nc1cccnc1C(=O)Nc1cccc(Cl)c1Cl. The van der Waals surface area contributed by atoms with Crippen LogP contribution in [0.5, 0.6) is 0 Å². The number of halogens is 2. The molecule has 0 fully saturated rings. The second-order valence-corrected chi connectivity index (χ2v) is 4.28. The van der Waals surface area contributed by atoms with Gasteiger partial charge in [-0.05, 0) is 24.3 Å². The third-order valence-electron chi connectivity index (χ3n) is 2.25. The van der Waals surface area contributed by atoms with Crippen molar-refractivity contribution in [2.75, 3.05) is 11.1 Å². The van der Waals surface area contributed by atoms with Crippen LogP contribution in [-0.2, 0) is 0 Å². The molecular formula is C12H9Cl2N3O. The minimum absolute atomic E-state index is 0.147. The van der Waals surface area contributed by atoms with E-state index in [9.17, 15) is 4.79 Å². The minimum atomic E-state index is -0.433. The number of benzene rings is 1. The van der Waals surface area contributed by atoms with E-state index in [0.717, 1.165) is 0 Å². The first-order valence-electron chi connectivity index (χ1n) is 5.05. The van der Waals surface area contributed by atoms with Gasteiger partial charge in [0, 0.05) is 6.20 Å². The summed E-state index contributed by atoms with van der Waals surface area (Å²) in [5, 5.41) is 3.25. The monoisotopic (exact) mass is 281 g/mol. The van der Waals surface area contributed by atoms with Crippen LogP contribution in [0.3, 0.4) is 0 Å². The number of nitrogens with one attached hydrogen (secondary N) is 1. The molecule has 1 aromatic heterocycles. The Morgan fingerprint density at radius 2 is 2.00 bits per heavy atom. The number of carbonyl (C=O) groups is 1. The molecule has 0 bridgehead atoms. The molecule has 0 radical (unpaired) electrons. The number of hydrogen-bond donors (Lipinski definition) is 2. The predicted molar refractivity (Wildman–Crippen MR) is 73.1 cm³/mol. The maximum absolute atomic E-state index is 11.9. The van der Waals surface area contributed by atoms with Crippen molar-refractivity contribution < 1.29 is 4.79 Å². The van der Waals surface area contributed by atoms with Crippen LogP contribution in [0.25, 0.3) is 0 Å². The lowest BCUT2D eigenvalue weighted by Gasteiger charge is -2.08. The Balaban J connectivity index is 2.27. The summed E-state index contributed by atoms with van der Waals surface area (Å²) >= 11 is 11.8. The topological polar surface area (TPSA) is 68.0 Å². The highest BCUT2D eigenvalue weighted by molar-refractivity contribution is 6.44. The number of pyridine rings is 1. The second-order valence-electron chi connectivity index (χ2n) is 3.50. The van der Waals surface area contributed by atoms with E-state index in [4.69, 9.17) is 28.9 Å². The van der Waals surface area contributed by atoms with Gasteiger partial charge in [0.2, 0.25) is 0 Å². The molecule has 0 aliphatic heterocycles. The number of aromatic nitrogens is 1. The molecule has 2 aromatic rings. The minimum Gasteiger partial charge on any atom is -0.397 e.